The van der Waals surface area contributed by atoms with Crippen molar-refractivity contribution in [2.75, 3.05) is 25.4 Å². The molecule has 4 rings (SSSR count). The third kappa shape index (κ3) is 2.44. The highest BCUT2D eigenvalue weighted by atomic mass is 32.2. The number of hydrogen-bond acceptors (Lipinski definition) is 4. The van der Waals surface area contributed by atoms with Crippen LogP contribution in [0.2, 0.25) is 0 Å². The monoisotopic (exact) mass is 341 g/mol. The molecule has 0 aromatic rings. The molecule has 0 aromatic carbocycles. The summed E-state index contributed by atoms with van der Waals surface area (Å²) in [7, 11) is -3.08. The fourth-order valence-electron chi connectivity index (χ4n) is 4.95. The lowest BCUT2D eigenvalue weighted by atomic mass is 9.86. The number of rotatable bonds is 2. The fraction of sp³-hybridized carbons (Fsp3) is 0.941. The second-order valence-electron chi connectivity index (χ2n) is 7.95. The van der Waals surface area contributed by atoms with Crippen LogP contribution in [0.5, 0.6) is 0 Å². The molecule has 4 aliphatic rings. The lowest BCUT2D eigenvalue weighted by Gasteiger charge is -2.45. The second kappa shape index (κ2) is 5.45. The highest BCUT2D eigenvalue weighted by Gasteiger charge is 2.60. The van der Waals surface area contributed by atoms with E-state index in [1.807, 2.05) is 4.90 Å². The van der Waals surface area contributed by atoms with E-state index in [1.54, 1.807) is 0 Å². The first kappa shape index (κ1) is 15.9. The molecule has 2 aliphatic carbocycles. The van der Waals surface area contributed by atoms with Gasteiger partial charge in [-0.05, 0) is 38.5 Å². The molecule has 5 nitrogen and oxygen atoms in total. The third-order valence-electron chi connectivity index (χ3n) is 6.58. The van der Waals surface area contributed by atoms with Gasteiger partial charge >= 0.3 is 0 Å². The minimum Gasteiger partial charge on any atom is -0.377 e. The quantitative estimate of drug-likeness (QED) is 0.770. The van der Waals surface area contributed by atoms with E-state index in [2.05, 4.69) is 0 Å². The van der Waals surface area contributed by atoms with E-state index < -0.39 is 14.6 Å². The molecule has 0 bridgehead atoms. The summed E-state index contributed by atoms with van der Waals surface area (Å²) >= 11 is 0. The van der Waals surface area contributed by atoms with E-state index in [-0.39, 0.29) is 23.2 Å². The summed E-state index contributed by atoms with van der Waals surface area (Å²) in [6.07, 6.45) is 8.41. The SMILES string of the molecule is O=C(N1CCS(=O)(=O)C2(CCCCC2)C1)C1(C2CCCO2)CC1. The lowest BCUT2D eigenvalue weighted by Crippen LogP contribution is -2.60. The van der Waals surface area contributed by atoms with Crippen molar-refractivity contribution in [1.29, 1.82) is 0 Å². The Morgan fingerprint density at radius 1 is 1.04 bits per heavy atom. The summed E-state index contributed by atoms with van der Waals surface area (Å²) in [5.74, 6) is 0.310. The molecular formula is C17H27NO4S. The summed E-state index contributed by atoms with van der Waals surface area (Å²) < 4.78 is 30.5. The van der Waals surface area contributed by atoms with Crippen LogP contribution in [0, 0.1) is 5.41 Å². The van der Waals surface area contributed by atoms with Crippen LogP contribution in [0.1, 0.15) is 57.8 Å². The summed E-state index contributed by atoms with van der Waals surface area (Å²) in [6.45, 7) is 1.55. The average molecular weight is 341 g/mol. The van der Waals surface area contributed by atoms with Crippen molar-refractivity contribution in [2.24, 2.45) is 5.41 Å². The van der Waals surface area contributed by atoms with E-state index in [0.717, 1.165) is 64.4 Å². The van der Waals surface area contributed by atoms with Gasteiger partial charge in [0.15, 0.2) is 9.84 Å². The Hall–Kier alpha value is -0.620. The molecule has 1 unspecified atom stereocenters. The number of sulfone groups is 1. The zero-order valence-corrected chi connectivity index (χ0v) is 14.6. The Morgan fingerprint density at radius 2 is 1.78 bits per heavy atom. The maximum absolute atomic E-state index is 13.2. The maximum Gasteiger partial charge on any atom is 0.231 e. The number of hydrogen-bond donors (Lipinski definition) is 0. The van der Waals surface area contributed by atoms with Gasteiger partial charge in [0.25, 0.3) is 0 Å². The van der Waals surface area contributed by atoms with E-state index in [0.29, 0.717) is 13.1 Å². The number of ether oxygens (including phenoxy) is 1. The molecular weight excluding hydrogens is 314 g/mol. The first-order valence-electron chi connectivity index (χ1n) is 9.13. The van der Waals surface area contributed by atoms with Crippen LogP contribution in [-0.2, 0) is 19.4 Å². The first-order chi connectivity index (χ1) is 11.0. The number of carbonyl (C=O) groups excluding carboxylic acids is 1. The molecule has 1 spiro atoms. The molecule has 130 valence electrons. The van der Waals surface area contributed by atoms with Crippen molar-refractivity contribution < 1.29 is 17.9 Å². The van der Waals surface area contributed by atoms with E-state index >= 15 is 0 Å². The summed E-state index contributed by atoms with van der Waals surface area (Å²) in [5, 5.41) is 0. The van der Waals surface area contributed by atoms with Crippen LogP contribution in [0.4, 0.5) is 0 Å². The van der Waals surface area contributed by atoms with E-state index in [9.17, 15) is 13.2 Å². The smallest absolute Gasteiger partial charge is 0.231 e. The topological polar surface area (TPSA) is 63.7 Å². The van der Waals surface area contributed by atoms with Gasteiger partial charge in [-0.15, -0.1) is 0 Å². The lowest BCUT2D eigenvalue weighted by molar-refractivity contribution is -0.142. The molecule has 2 heterocycles. The standard InChI is InChI=1S/C17H27NO4S/c19-15(17(8-9-17)14-5-4-11-22-14)18-10-12-23(20,21)16(13-18)6-2-1-3-7-16/h14H,1-13H2. The molecule has 4 fully saturated rings. The van der Waals surface area contributed by atoms with Crippen LogP contribution < -0.4 is 0 Å². The average Bonchev–Trinajstić information content (AvgIpc) is 3.17. The molecule has 23 heavy (non-hydrogen) atoms. The normalized spacial score (nSPS) is 34.4. The van der Waals surface area contributed by atoms with Crippen molar-refractivity contribution in [3.63, 3.8) is 0 Å². The van der Waals surface area contributed by atoms with E-state index in [4.69, 9.17) is 4.74 Å². The third-order valence-corrected chi connectivity index (χ3v) is 9.16. The molecule has 6 heteroatoms. The Balaban J connectivity index is 1.55. The molecule has 0 radical (unpaired) electrons. The number of nitrogens with zero attached hydrogens (tertiary/aromatic N) is 1. The predicted octanol–water partition coefficient (Wildman–Crippen LogP) is 1.91. The van der Waals surface area contributed by atoms with Crippen molar-refractivity contribution in [2.45, 2.75) is 68.6 Å². The Bertz CT molecular complexity index is 584. The van der Waals surface area contributed by atoms with Gasteiger partial charge in [0, 0.05) is 19.7 Å². The van der Waals surface area contributed by atoms with E-state index in [1.165, 1.54) is 0 Å². The van der Waals surface area contributed by atoms with Gasteiger partial charge in [-0.1, -0.05) is 19.3 Å². The Kier molecular flexibility index (Phi) is 3.76. The molecule has 2 aliphatic heterocycles. The van der Waals surface area contributed by atoms with Gasteiger partial charge in [-0.2, -0.15) is 0 Å². The second-order valence-corrected chi connectivity index (χ2v) is 10.5. The van der Waals surface area contributed by atoms with Gasteiger partial charge < -0.3 is 9.64 Å². The van der Waals surface area contributed by atoms with Crippen molar-refractivity contribution in [1.82, 2.24) is 4.90 Å². The maximum atomic E-state index is 13.2. The van der Waals surface area contributed by atoms with Gasteiger partial charge in [-0.3, -0.25) is 4.79 Å². The zero-order chi connectivity index (χ0) is 16.1. The molecule has 1 amide bonds. The number of amides is 1. The highest BCUT2D eigenvalue weighted by molar-refractivity contribution is 7.92. The molecule has 0 N–H and O–H groups in total. The summed E-state index contributed by atoms with van der Waals surface area (Å²) in [6, 6.07) is 0. The van der Waals surface area contributed by atoms with Crippen LogP contribution in [0.3, 0.4) is 0 Å². The van der Waals surface area contributed by atoms with Crippen molar-refractivity contribution >= 4 is 15.7 Å². The zero-order valence-electron chi connectivity index (χ0n) is 13.8. The molecule has 0 aromatic heterocycles. The van der Waals surface area contributed by atoms with Crippen LogP contribution in [-0.4, -0.2) is 55.5 Å². The molecule has 2 saturated carbocycles. The Labute approximate surface area is 138 Å². The van der Waals surface area contributed by atoms with Gasteiger partial charge in [-0.25, -0.2) is 8.42 Å². The van der Waals surface area contributed by atoms with Crippen LogP contribution in [0.15, 0.2) is 0 Å². The van der Waals surface area contributed by atoms with Crippen LogP contribution in [0.25, 0.3) is 0 Å². The van der Waals surface area contributed by atoms with Gasteiger partial charge in [0.2, 0.25) is 5.91 Å². The van der Waals surface area contributed by atoms with Crippen LogP contribution >= 0.6 is 0 Å². The predicted molar refractivity (Wildman–Crippen MR) is 86.8 cm³/mol. The Morgan fingerprint density at radius 3 is 2.39 bits per heavy atom. The number of carbonyl (C=O) groups is 1. The van der Waals surface area contributed by atoms with Crippen molar-refractivity contribution in [3.8, 4) is 0 Å². The van der Waals surface area contributed by atoms with Gasteiger partial charge in [0.1, 0.15) is 0 Å². The summed E-state index contributed by atoms with van der Waals surface area (Å²) in [5.41, 5.74) is -0.326. The largest absolute Gasteiger partial charge is 0.377 e. The fourth-order valence-corrected chi connectivity index (χ4v) is 7.10. The molecule has 1 atom stereocenters. The molecule has 2 saturated heterocycles. The first-order valence-corrected chi connectivity index (χ1v) is 10.8. The minimum absolute atomic E-state index is 0.0656. The van der Waals surface area contributed by atoms with Crippen molar-refractivity contribution in [3.05, 3.63) is 0 Å². The highest BCUT2D eigenvalue weighted by Crippen LogP contribution is 2.54. The minimum atomic E-state index is -3.08. The summed E-state index contributed by atoms with van der Waals surface area (Å²) in [4.78, 5) is 15.0. The van der Waals surface area contributed by atoms with Gasteiger partial charge in [0.05, 0.1) is 22.0 Å².